The van der Waals surface area contributed by atoms with Gasteiger partial charge < -0.3 is 15.5 Å². The van der Waals surface area contributed by atoms with Crippen molar-refractivity contribution >= 4 is 17.3 Å². The van der Waals surface area contributed by atoms with Crippen molar-refractivity contribution in [2.75, 3.05) is 37.0 Å². The highest BCUT2D eigenvalue weighted by Gasteiger charge is 2.25. The molecule has 0 aliphatic carbocycles. The summed E-state index contributed by atoms with van der Waals surface area (Å²) >= 11 is 0. The molecule has 0 radical (unpaired) electrons. The minimum Gasteiger partial charge on any atom is -0.374 e. The summed E-state index contributed by atoms with van der Waals surface area (Å²) in [5.74, 6) is 0.164. The van der Waals surface area contributed by atoms with Crippen LogP contribution < -0.4 is 15.5 Å². The van der Waals surface area contributed by atoms with Crippen LogP contribution in [-0.2, 0) is 11.2 Å². The Morgan fingerprint density at radius 1 is 1.42 bits per heavy atom. The Labute approximate surface area is 115 Å². The molecule has 1 aromatic carbocycles. The van der Waals surface area contributed by atoms with E-state index in [1.807, 2.05) is 13.1 Å². The molecule has 1 aromatic rings. The zero-order valence-corrected chi connectivity index (χ0v) is 12.2. The highest BCUT2D eigenvalue weighted by atomic mass is 16.2. The molecule has 0 saturated heterocycles. The summed E-state index contributed by atoms with van der Waals surface area (Å²) in [6.45, 7) is 5.87. The predicted octanol–water partition coefficient (Wildman–Crippen LogP) is 1.63. The molecule has 0 saturated carbocycles. The molecule has 0 unspecified atom stereocenters. The Hall–Kier alpha value is -1.55. The van der Waals surface area contributed by atoms with Gasteiger partial charge in [0.2, 0.25) is 5.91 Å². The molecular formula is C15H23N3O. The minimum atomic E-state index is 0.0837. The largest absolute Gasteiger partial charge is 0.374 e. The predicted molar refractivity (Wildman–Crippen MR) is 79.7 cm³/mol. The maximum absolute atomic E-state index is 11.7. The summed E-state index contributed by atoms with van der Waals surface area (Å²) in [4.78, 5) is 15.6. The van der Waals surface area contributed by atoms with Crippen LogP contribution in [0.1, 0.15) is 19.4 Å². The fourth-order valence-corrected chi connectivity index (χ4v) is 2.49. The van der Waals surface area contributed by atoms with E-state index in [0.717, 1.165) is 23.5 Å². The van der Waals surface area contributed by atoms with Crippen molar-refractivity contribution in [3.63, 3.8) is 0 Å². The average Bonchev–Trinajstić information content (AvgIpc) is 2.64. The van der Waals surface area contributed by atoms with Gasteiger partial charge in [-0.15, -0.1) is 0 Å². The van der Waals surface area contributed by atoms with Crippen molar-refractivity contribution in [2.24, 2.45) is 11.1 Å². The number of hydrogen-bond donors (Lipinski definition) is 1. The van der Waals surface area contributed by atoms with Crippen LogP contribution in [0.3, 0.4) is 0 Å². The maximum atomic E-state index is 11.7. The molecule has 0 bridgehead atoms. The van der Waals surface area contributed by atoms with E-state index in [9.17, 15) is 4.79 Å². The van der Waals surface area contributed by atoms with Gasteiger partial charge in [-0.25, -0.2) is 0 Å². The number of benzene rings is 1. The van der Waals surface area contributed by atoms with Gasteiger partial charge in [0.15, 0.2) is 0 Å². The first kappa shape index (κ1) is 13.9. The SMILES string of the molecule is CN(CC(C)(C)CN)c1ccc2c(c1)CC(=O)N2C. The highest BCUT2D eigenvalue weighted by molar-refractivity contribution is 6.01. The number of anilines is 2. The van der Waals surface area contributed by atoms with Crippen LogP contribution in [0.4, 0.5) is 11.4 Å². The number of carbonyl (C=O) groups is 1. The lowest BCUT2D eigenvalue weighted by atomic mass is 9.93. The molecule has 4 nitrogen and oxygen atoms in total. The van der Waals surface area contributed by atoms with Crippen LogP contribution in [0.2, 0.25) is 0 Å². The Morgan fingerprint density at radius 2 is 2.11 bits per heavy atom. The smallest absolute Gasteiger partial charge is 0.231 e. The second-order valence-electron chi connectivity index (χ2n) is 6.17. The van der Waals surface area contributed by atoms with Crippen molar-refractivity contribution in [1.82, 2.24) is 0 Å². The maximum Gasteiger partial charge on any atom is 0.231 e. The molecule has 1 aliphatic rings. The summed E-state index contributed by atoms with van der Waals surface area (Å²) < 4.78 is 0. The van der Waals surface area contributed by atoms with Crippen LogP contribution in [0.5, 0.6) is 0 Å². The van der Waals surface area contributed by atoms with Gasteiger partial charge in [-0.1, -0.05) is 13.8 Å². The molecule has 4 heteroatoms. The fourth-order valence-electron chi connectivity index (χ4n) is 2.49. The van der Waals surface area contributed by atoms with Crippen LogP contribution in [0.15, 0.2) is 18.2 Å². The summed E-state index contributed by atoms with van der Waals surface area (Å²) in [5, 5.41) is 0. The van der Waals surface area contributed by atoms with Crippen molar-refractivity contribution in [3.05, 3.63) is 23.8 Å². The van der Waals surface area contributed by atoms with Gasteiger partial charge in [0.1, 0.15) is 0 Å². The van der Waals surface area contributed by atoms with Gasteiger partial charge in [-0.05, 0) is 35.7 Å². The molecule has 1 amide bonds. The van der Waals surface area contributed by atoms with Gasteiger partial charge >= 0.3 is 0 Å². The Kier molecular flexibility index (Phi) is 3.54. The molecule has 2 rings (SSSR count). The summed E-state index contributed by atoms with van der Waals surface area (Å²) in [7, 11) is 3.90. The Morgan fingerprint density at radius 3 is 2.74 bits per heavy atom. The van der Waals surface area contributed by atoms with Crippen molar-refractivity contribution in [3.8, 4) is 0 Å². The monoisotopic (exact) mass is 261 g/mol. The highest BCUT2D eigenvalue weighted by Crippen LogP contribution is 2.31. The number of likely N-dealkylation sites (N-methyl/N-ethyl adjacent to an activating group) is 1. The zero-order valence-electron chi connectivity index (χ0n) is 12.2. The van der Waals surface area contributed by atoms with Gasteiger partial charge in [0, 0.05) is 32.0 Å². The number of nitrogens with two attached hydrogens (primary N) is 1. The van der Waals surface area contributed by atoms with E-state index in [-0.39, 0.29) is 11.3 Å². The number of amides is 1. The van der Waals surface area contributed by atoms with Crippen LogP contribution in [0, 0.1) is 5.41 Å². The quantitative estimate of drug-likeness (QED) is 0.896. The first-order chi connectivity index (χ1) is 8.84. The van der Waals surface area contributed by atoms with Crippen LogP contribution in [0.25, 0.3) is 0 Å². The third-order valence-electron chi connectivity index (χ3n) is 3.80. The Balaban J connectivity index is 2.20. The van der Waals surface area contributed by atoms with Gasteiger partial charge in [-0.3, -0.25) is 4.79 Å². The second kappa shape index (κ2) is 4.85. The molecule has 0 fully saturated rings. The number of fused-ring (bicyclic) bond motifs is 1. The molecule has 0 spiro atoms. The third kappa shape index (κ3) is 2.73. The normalized spacial score (nSPS) is 14.8. The third-order valence-corrected chi connectivity index (χ3v) is 3.80. The minimum absolute atomic E-state index is 0.0837. The zero-order chi connectivity index (χ0) is 14.2. The first-order valence-corrected chi connectivity index (χ1v) is 6.65. The fraction of sp³-hybridized carbons (Fsp3) is 0.533. The van der Waals surface area contributed by atoms with E-state index in [1.165, 1.54) is 0 Å². The number of rotatable bonds is 4. The molecule has 1 aliphatic heterocycles. The number of nitrogens with zero attached hydrogens (tertiary/aromatic N) is 2. The lowest BCUT2D eigenvalue weighted by Crippen LogP contribution is -2.36. The Bertz CT molecular complexity index is 496. The molecule has 104 valence electrons. The van der Waals surface area contributed by atoms with E-state index in [1.54, 1.807) is 4.90 Å². The standard InChI is InChI=1S/C15H23N3O/c1-15(2,9-16)10-17(3)12-5-6-13-11(7-12)8-14(19)18(13)4/h5-7H,8-10,16H2,1-4H3. The summed E-state index contributed by atoms with van der Waals surface area (Å²) in [6.07, 6.45) is 0.508. The molecule has 0 aromatic heterocycles. The van der Waals surface area contributed by atoms with E-state index in [0.29, 0.717) is 13.0 Å². The topological polar surface area (TPSA) is 49.6 Å². The van der Waals surface area contributed by atoms with Gasteiger partial charge in [-0.2, -0.15) is 0 Å². The van der Waals surface area contributed by atoms with Gasteiger partial charge in [0.05, 0.1) is 6.42 Å². The van der Waals surface area contributed by atoms with E-state index >= 15 is 0 Å². The number of carbonyl (C=O) groups excluding carboxylic acids is 1. The summed E-state index contributed by atoms with van der Waals surface area (Å²) in [5.41, 5.74) is 9.15. The molecule has 2 N–H and O–H groups in total. The lowest BCUT2D eigenvalue weighted by molar-refractivity contribution is -0.117. The van der Waals surface area contributed by atoms with Crippen LogP contribution in [-0.4, -0.2) is 33.1 Å². The molecule has 0 atom stereocenters. The van der Waals surface area contributed by atoms with Crippen LogP contribution >= 0.6 is 0 Å². The summed E-state index contributed by atoms with van der Waals surface area (Å²) in [6, 6.07) is 6.21. The van der Waals surface area contributed by atoms with E-state index < -0.39 is 0 Å². The van der Waals surface area contributed by atoms with E-state index in [2.05, 4.69) is 37.9 Å². The number of hydrogen-bond acceptors (Lipinski definition) is 3. The molecular weight excluding hydrogens is 238 g/mol. The van der Waals surface area contributed by atoms with Gasteiger partial charge in [0.25, 0.3) is 0 Å². The van der Waals surface area contributed by atoms with Crippen molar-refractivity contribution in [2.45, 2.75) is 20.3 Å². The first-order valence-electron chi connectivity index (χ1n) is 6.65. The van der Waals surface area contributed by atoms with Crippen molar-refractivity contribution in [1.29, 1.82) is 0 Å². The molecule has 19 heavy (non-hydrogen) atoms. The van der Waals surface area contributed by atoms with Crippen molar-refractivity contribution < 1.29 is 4.79 Å². The molecule has 1 heterocycles. The van der Waals surface area contributed by atoms with E-state index in [4.69, 9.17) is 5.73 Å². The average molecular weight is 261 g/mol. The second-order valence-corrected chi connectivity index (χ2v) is 6.17. The lowest BCUT2D eigenvalue weighted by Gasteiger charge is -2.30.